The molecule has 1 saturated heterocycles. The van der Waals surface area contributed by atoms with Gasteiger partial charge in [-0.25, -0.2) is 4.79 Å². The Bertz CT molecular complexity index is 562. The fourth-order valence-electron chi connectivity index (χ4n) is 2.14. The van der Waals surface area contributed by atoms with E-state index in [1.165, 1.54) is 23.6 Å². The van der Waals surface area contributed by atoms with E-state index in [1.807, 2.05) is 0 Å². The summed E-state index contributed by atoms with van der Waals surface area (Å²) in [5.41, 5.74) is 5.60. The lowest BCUT2D eigenvalue weighted by atomic mass is 10.0. The van der Waals surface area contributed by atoms with Crippen LogP contribution in [0, 0.1) is 0 Å². The molecule has 0 radical (unpaired) electrons. The molecule has 0 spiro atoms. The third kappa shape index (κ3) is 2.95. The quantitative estimate of drug-likeness (QED) is 0.338. The number of carboxylic acids is 1. The lowest BCUT2D eigenvalue weighted by Crippen LogP contribution is -2.71. The van der Waals surface area contributed by atoms with E-state index in [0.29, 0.717) is 11.3 Å². The summed E-state index contributed by atoms with van der Waals surface area (Å²) in [6, 6.07) is -0.628. The van der Waals surface area contributed by atoms with Crippen LogP contribution in [0.2, 0.25) is 0 Å². The number of amides is 1. The highest BCUT2D eigenvalue weighted by Crippen LogP contribution is 2.40. The van der Waals surface area contributed by atoms with Crippen LogP contribution in [0.3, 0.4) is 0 Å². The third-order valence-corrected chi connectivity index (χ3v) is 4.45. The summed E-state index contributed by atoms with van der Waals surface area (Å²) in [7, 11) is 0. The maximum Gasteiger partial charge on any atom is 0.352 e. The average molecular weight is 331 g/mol. The van der Waals surface area contributed by atoms with E-state index in [2.05, 4.69) is 5.32 Å². The molecule has 1 unspecified atom stereocenters. The lowest BCUT2D eigenvalue weighted by molar-refractivity contribution is -0.148. The highest BCUT2D eigenvalue weighted by atomic mass is 32.2. The van der Waals surface area contributed by atoms with Crippen LogP contribution in [0.1, 0.15) is 6.92 Å². The number of thioether (sulfide) groups is 1. The second-order valence-electron chi connectivity index (χ2n) is 4.43. The summed E-state index contributed by atoms with van der Waals surface area (Å²) >= 11 is 6.06. The van der Waals surface area contributed by atoms with Gasteiger partial charge in [-0.15, -0.1) is 11.8 Å². The fraction of sp³-hybridized carbons (Fsp3) is 0.455. The largest absolute Gasteiger partial charge is 0.477 e. The number of esters is 1. The number of hydrogen-bond donors (Lipinski definition) is 3. The summed E-state index contributed by atoms with van der Waals surface area (Å²) in [5, 5.41) is 11.6. The van der Waals surface area contributed by atoms with E-state index in [1.54, 1.807) is 0 Å². The van der Waals surface area contributed by atoms with Gasteiger partial charge < -0.3 is 20.9 Å². The van der Waals surface area contributed by atoms with Gasteiger partial charge in [0, 0.05) is 18.2 Å². The number of carbonyl (C=O) groups excluding carboxylic acids is 2. The number of β-lactam (4-membered cyclic amide) rings is 1. The molecule has 0 aromatic carbocycles. The molecule has 10 heteroatoms. The molecule has 2 atom stereocenters. The normalized spacial score (nSPS) is 24.0. The van der Waals surface area contributed by atoms with Crippen LogP contribution in [0.5, 0.6) is 0 Å². The van der Waals surface area contributed by atoms with Crippen molar-refractivity contribution in [3.8, 4) is 0 Å². The van der Waals surface area contributed by atoms with Gasteiger partial charge in [0.2, 0.25) is 0 Å². The molecule has 114 valence electrons. The Morgan fingerprint density at radius 3 is 2.81 bits per heavy atom. The highest BCUT2D eigenvalue weighted by molar-refractivity contribution is 8.00. The van der Waals surface area contributed by atoms with Crippen molar-refractivity contribution < 1.29 is 24.2 Å². The molecule has 1 fully saturated rings. The van der Waals surface area contributed by atoms with Crippen LogP contribution in [-0.4, -0.2) is 56.7 Å². The summed E-state index contributed by atoms with van der Waals surface area (Å²) in [6.45, 7) is 1.09. The Morgan fingerprint density at radius 1 is 1.62 bits per heavy atom. The standard InChI is InChI=1S/C11H13N3O5S2/c1-4(15)19-2-5-3-21-9-6(13-11(12)20)8(16)14(9)7(5)10(17)18/h6,9H,2-3H2,1H3,(H,17,18)(H3,12,13,20)/t6?,9-/m1/s1. The van der Waals surface area contributed by atoms with Crippen LogP contribution in [0.4, 0.5) is 0 Å². The van der Waals surface area contributed by atoms with E-state index in [4.69, 9.17) is 22.7 Å². The summed E-state index contributed by atoms with van der Waals surface area (Å²) < 4.78 is 4.83. The third-order valence-electron chi connectivity index (χ3n) is 3.00. The topological polar surface area (TPSA) is 122 Å². The van der Waals surface area contributed by atoms with Gasteiger partial charge in [-0.1, -0.05) is 0 Å². The van der Waals surface area contributed by atoms with E-state index in [9.17, 15) is 19.5 Å². The Hall–Kier alpha value is -1.81. The smallest absolute Gasteiger partial charge is 0.352 e. The summed E-state index contributed by atoms with van der Waals surface area (Å²) in [4.78, 5) is 35.5. The minimum Gasteiger partial charge on any atom is -0.477 e. The number of thiocarbonyl (C=S) groups is 1. The Labute approximate surface area is 129 Å². The molecule has 0 aromatic heterocycles. The Kier molecular flexibility index (Phi) is 4.37. The predicted molar refractivity (Wildman–Crippen MR) is 78.1 cm³/mol. The lowest BCUT2D eigenvalue weighted by Gasteiger charge is -2.49. The van der Waals surface area contributed by atoms with Gasteiger partial charge in [-0.3, -0.25) is 14.5 Å². The molecule has 0 aromatic rings. The van der Waals surface area contributed by atoms with E-state index in [0.717, 1.165) is 0 Å². The number of carbonyl (C=O) groups is 3. The molecule has 2 aliphatic rings. The van der Waals surface area contributed by atoms with Gasteiger partial charge in [0.1, 0.15) is 23.7 Å². The number of nitrogens with zero attached hydrogens (tertiary/aromatic N) is 1. The molecular formula is C11H13N3O5S2. The van der Waals surface area contributed by atoms with Crippen molar-refractivity contribution in [3.63, 3.8) is 0 Å². The number of fused-ring (bicyclic) bond motifs is 1. The molecule has 1 amide bonds. The van der Waals surface area contributed by atoms with Crippen molar-refractivity contribution in [1.29, 1.82) is 0 Å². The molecule has 0 bridgehead atoms. The molecule has 2 heterocycles. The molecule has 4 N–H and O–H groups in total. The van der Waals surface area contributed by atoms with E-state index in [-0.39, 0.29) is 22.8 Å². The van der Waals surface area contributed by atoms with Crippen molar-refractivity contribution in [3.05, 3.63) is 11.3 Å². The number of nitrogens with two attached hydrogens (primary N) is 1. The number of ether oxygens (including phenoxy) is 1. The van der Waals surface area contributed by atoms with Gasteiger partial charge in [0.05, 0.1) is 0 Å². The van der Waals surface area contributed by atoms with Gasteiger partial charge in [-0.2, -0.15) is 0 Å². The van der Waals surface area contributed by atoms with Crippen LogP contribution < -0.4 is 11.1 Å². The Balaban J connectivity index is 2.22. The first-order chi connectivity index (χ1) is 9.82. The van der Waals surface area contributed by atoms with E-state index < -0.39 is 23.9 Å². The molecule has 8 nitrogen and oxygen atoms in total. The first-order valence-corrected chi connectivity index (χ1v) is 7.38. The van der Waals surface area contributed by atoms with Gasteiger partial charge >= 0.3 is 11.9 Å². The number of rotatable bonds is 4. The van der Waals surface area contributed by atoms with Crippen molar-refractivity contribution >= 4 is 46.9 Å². The second-order valence-corrected chi connectivity index (χ2v) is 5.98. The molecule has 21 heavy (non-hydrogen) atoms. The average Bonchev–Trinajstić information content (AvgIpc) is 2.40. The van der Waals surface area contributed by atoms with Crippen molar-refractivity contribution in [2.75, 3.05) is 12.4 Å². The van der Waals surface area contributed by atoms with Crippen molar-refractivity contribution in [2.45, 2.75) is 18.3 Å². The zero-order valence-electron chi connectivity index (χ0n) is 11.0. The van der Waals surface area contributed by atoms with Crippen LogP contribution in [0.25, 0.3) is 0 Å². The SMILES string of the molecule is CC(=O)OCC1=C(C(=O)O)N2C(=O)C(NC(N)=S)[C@H]2SC1. The monoisotopic (exact) mass is 331 g/mol. The van der Waals surface area contributed by atoms with Crippen LogP contribution >= 0.6 is 24.0 Å². The van der Waals surface area contributed by atoms with Crippen LogP contribution in [-0.2, 0) is 19.1 Å². The maximum atomic E-state index is 12.1. The predicted octanol–water partition coefficient (Wildman–Crippen LogP) is -0.995. The molecular weight excluding hydrogens is 318 g/mol. The summed E-state index contributed by atoms with van der Waals surface area (Å²) in [6.07, 6.45) is 0. The first kappa shape index (κ1) is 15.6. The van der Waals surface area contributed by atoms with Gasteiger partial charge in [0.15, 0.2) is 5.11 Å². The van der Waals surface area contributed by atoms with Gasteiger partial charge in [-0.05, 0) is 12.2 Å². The number of hydrogen-bond acceptors (Lipinski definition) is 6. The zero-order valence-corrected chi connectivity index (χ0v) is 12.6. The fourth-order valence-corrected chi connectivity index (χ4v) is 3.59. The first-order valence-electron chi connectivity index (χ1n) is 5.92. The molecule has 2 aliphatic heterocycles. The molecule has 2 rings (SSSR count). The number of aliphatic carboxylic acids is 1. The van der Waals surface area contributed by atoms with E-state index >= 15 is 0 Å². The highest BCUT2D eigenvalue weighted by Gasteiger charge is 2.53. The molecule has 0 saturated carbocycles. The van der Waals surface area contributed by atoms with Crippen LogP contribution in [0.15, 0.2) is 11.3 Å². The maximum absolute atomic E-state index is 12.1. The number of nitrogens with one attached hydrogen (secondary N) is 1. The second kappa shape index (κ2) is 5.90. The molecule has 0 aliphatic carbocycles. The van der Waals surface area contributed by atoms with Crippen molar-refractivity contribution in [2.24, 2.45) is 5.73 Å². The van der Waals surface area contributed by atoms with Crippen molar-refractivity contribution in [1.82, 2.24) is 10.2 Å². The van der Waals surface area contributed by atoms with Gasteiger partial charge in [0.25, 0.3) is 5.91 Å². The minimum absolute atomic E-state index is 0.0137. The summed E-state index contributed by atoms with van der Waals surface area (Å²) in [5.74, 6) is -1.82. The Morgan fingerprint density at radius 2 is 2.29 bits per heavy atom. The zero-order chi connectivity index (χ0) is 15.7. The number of carboxylic acid groups (broad SMARTS) is 1. The minimum atomic E-state index is -1.23.